The van der Waals surface area contributed by atoms with Crippen LogP contribution in [0.25, 0.3) is 0 Å². The Morgan fingerprint density at radius 2 is 2.21 bits per heavy atom. The molecule has 0 fully saturated rings. The quantitative estimate of drug-likeness (QED) is 0.561. The number of carboxylic acids is 1. The second-order valence-corrected chi connectivity index (χ2v) is 3.03. The zero-order chi connectivity index (χ0) is 10.8. The van der Waals surface area contributed by atoms with Gasteiger partial charge in [-0.05, 0) is 6.08 Å². The number of rotatable bonds is 3. The van der Waals surface area contributed by atoms with Crippen LogP contribution in [0.1, 0.15) is 0 Å². The molecule has 0 radical (unpaired) electrons. The molecule has 0 saturated carbocycles. The number of allylic oxidation sites excluding steroid dienone is 2. The largest absolute Gasteiger partial charge is 0.479 e. The van der Waals surface area contributed by atoms with Crippen molar-refractivity contribution in [2.75, 3.05) is 7.11 Å². The highest BCUT2D eigenvalue weighted by molar-refractivity contribution is 5.74. The van der Waals surface area contributed by atoms with Crippen LogP contribution in [0.4, 0.5) is 0 Å². The summed E-state index contributed by atoms with van der Waals surface area (Å²) in [5, 5.41) is 27.8. The molecule has 0 aromatic carbocycles. The summed E-state index contributed by atoms with van der Waals surface area (Å²) in [4.78, 5) is 10.5. The number of hydrogen-bond donors (Lipinski definition) is 3. The molecule has 0 spiro atoms. The van der Waals surface area contributed by atoms with Crippen LogP contribution in [0.2, 0.25) is 0 Å². The summed E-state index contributed by atoms with van der Waals surface area (Å²) in [7, 11) is 1.33. The Labute approximate surface area is 80.9 Å². The highest BCUT2D eigenvalue weighted by atomic mass is 16.5. The van der Waals surface area contributed by atoms with E-state index in [1.807, 2.05) is 0 Å². The summed E-state index contributed by atoms with van der Waals surface area (Å²) in [5.74, 6) is -1.49. The van der Waals surface area contributed by atoms with Crippen molar-refractivity contribution >= 4 is 5.97 Å². The molecule has 1 aliphatic rings. The van der Waals surface area contributed by atoms with Gasteiger partial charge >= 0.3 is 5.97 Å². The summed E-state index contributed by atoms with van der Waals surface area (Å²) in [6.07, 6.45) is 2.98. The number of methoxy groups -OCH3 is 1. The normalized spacial score (nSPS) is 32.9. The van der Waals surface area contributed by atoms with Crippen LogP contribution in [0.3, 0.4) is 0 Å². The molecule has 0 aromatic heterocycles. The first-order valence-electron chi connectivity index (χ1n) is 4.04. The van der Waals surface area contributed by atoms with Gasteiger partial charge in [0.15, 0.2) is 6.10 Å². The first-order valence-corrected chi connectivity index (χ1v) is 4.04. The fourth-order valence-corrected chi connectivity index (χ4v) is 1.34. The van der Waals surface area contributed by atoms with Crippen LogP contribution >= 0.6 is 0 Å². The Morgan fingerprint density at radius 1 is 1.57 bits per heavy atom. The summed E-state index contributed by atoms with van der Waals surface area (Å²) < 4.78 is 4.87. The number of carboxylic acid groups (broad SMARTS) is 1. The van der Waals surface area contributed by atoms with Crippen molar-refractivity contribution in [3.05, 3.63) is 24.3 Å². The molecule has 3 unspecified atom stereocenters. The molecule has 5 nitrogen and oxygen atoms in total. The van der Waals surface area contributed by atoms with E-state index in [1.54, 1.807) is 6.08 Å². The smallest absolute Gasteiger partial charge is 0.336 e. The third-order valence-corrected chi connectivity index (χ3v) is 2.14. The van der Waals surface area contributed by atoms with E-state index in [-0.39, 0.29) is 0 Å². The molecule has 0 saturated heterocycles. The van der Waals surface area contributed by atoms with E-state index in [1.165, 1.54) is 25.3 Å². The zero-order valence-electron chi connectivity index (χ0n) is 7.62. The Morgan fingerprint density at radius 3 is 2.71 bits per heavy atom. The van der Waals surface area contributed by atoms with Crippen LogP contribution < -0.4 is 0 Å². The summed E-state index contributed by atoms with van der Waals surface area (Å²) in [6.45, 7) is 0. The van der Waals surface area contributed by atoms with E-state index >= 15 is 0 Å². The lowest BCUT2D eigenvalue weighted by Gasteiger charge is -2.34. The van der Waals surface area contributed by atoms with Gasteiger partial charge < -0.3 is 20.1 Å². The molecule has 1 rings (SSSR count). The average Bonchev–Trinajstić information content (AvgIpc) is 2.17. The Kier molecular flexibility index (Phi) is 3.05. The number of aliphatic hydroxyl groups is 2. The number of aliphatic carboxylic acids is 1. The molecule has 0 bridgehead atoms. The molecular weight excluding hydrogens is 188 g/mol. The molecule has 3 atom stereocenters. The van der Waals surface area contributed by atoms with Crippen LogP contribution in [0.15, 0.2) is 24.3 Å². The van der Waals surface area contributed by atoms with Crippen LogP contribution in [0.5, 0.6) is 0 Å². The van der Waals surface area contributed by atoms with Crippen molar-refractivity contribution in [3.8, 4) is 0 Å². The maximum absolute atomic E-state index is 10.5. The minimum absolute atomic E-state index is 0.862. The molecule has 0 aliphatic heterocycles. The second-order valence-electron chi connectivity index (χ2n) is 3.03. The van der Waals surface area contributed by atoms with Gasteiger partial charge in [0.2, 0.25) is 0 Å². The third-order valence-electron chi connectivity index (χ3n) is 2.14. The first kappa shape index (κ1) is 10.9. The van der Waals surface area contributed by atoms with Gasteiger partial charge in [0, 0.05) is 7.11 Å². The maximum Gasteiger partial charge on any atom is 0.336 e. The summed E-state index contributed by atoms with van der Waals surface area (Å²) in [6, 6.07) is 0. The van der Waals surface area contributed by atoms with Crippen molar-refractivity contribution in [1.29, 1.82) is 0 Å². The van der Waals surface area contributed by atoms with Crippen molar-refractivity contribution < 1.29 is 24.9 Å². The Hall–Kier alpha value is -1.17. The van der Waals surface area contributed by atoms with E-state index < -0.39 is 23.8 Å². The fourth-order valence-electron chi connectivity index (χ4n) is 1.34. The monoisotopic (exact) mass is 200 g/mol. The van der Waals surface area contributed by atoms with E-state index in [4.69, 9.17) is 9.84 Å². The van der Waals surface area contributed by atoms with Crippen molar-refractivity contribution in [2.24, 2.45) is 0 Å². The third kappa shape index (κ3) is 1.70. The fraction of sp³-hybridized carbons (Fsp3) is 0.444. The van der Waals surface area contributed by atoms with Crippen LogP contribution in [0, 0.1) is 0 Å². The predicted molar refractivity (Wildman–Crippen MR) is 47.7 cm³/mol. The first-order chi connectivity index (χ1) is 6.52. The highest BCUT2D eigenvalue weighted by Crippen LogP contribution is 2.24. The minimum Gasteiger partial charge on any atom is -0.479 e. The Bertz CT molecular complexity index is 279. The molecule has 5 heteroatoms. The lowest BCUT2D eigenvalue weighted by Crippen LogP contribution is -2.54. The number of carbonyl (C=O) groups is 1. The van der Waals surface area contributed by atoms with Crippen molar-refractivity contribution in [2.45, 2.75) is 17.8 Å². The van der Waals surface area contributed by atoms with Gasteiger partial charge in [-0.1, -0.05) is 18.2 Å². The molecule has 14 heavy (non-hydrogen) atoms. The molecule has 0 aromatic rings. The molecule has 0 heterocycles. The molecule has 1 aliphatic carbocycles. The predicted octanol–water partition coefficient (Wildman–Crippen LogP) is -0.696. The number of ether oxygens (including phenoxy) is 1. The lowest BCUT2D eigenvalue weighted by atomic mass is 9.86. The number of hydrogen-bond acceptors (Lipinski definition) is 4. The Balaban J connectivity index is 2.96. The lowest BCUT2D eigenvalue weighted by molar-refractivity contribution is -0.168. The molecule has 78 valence electrons. The van der Waals surface area contributed by atoms with Gasteiger partial charge in [0.25, 0.3) is 0 Å². The van der Waals surface area contributed by atoms with Gasteiger partial charge in [0.05, 0.1) is 0 Å². The van der Waals surface area contributed by atoms with Gasteiger partial charge in [-0.25, -0.2) is 4.79 Å². The van der Waals surface area contributed by atoms with E-state index in [0.717, 1.165) is 0 Å². The average molecular weight is 200 g/mol. The van der Waals surface area contributed by atoms with Gasteiger partial charge in [-0.2, -0.15) is 0 Å². The van der Waals surface area contributed by atoms with E-state index in [9.17, 15) is 15.0 Å². The summed E-state index contributed by atoms with van der Waals surface area (Å²) in [5.41, 5.74) is -1.91. The van der Waals surface area contributed by atoms with Gasteiger partial charge in [0.1, 0.15) is 11.7 Å². The maximum atomic E-state index is 10.5. The standard InChI is InChI=1S/C9H12O5/c1-14-6-4-2-3-5-9(6,13)7(10)8(11)12/h2-7,10,13H,1H3,(H,11,12). The van der Waals surface area contributed by atoms with E-state index in [0.29, 0.717) is 0 Å². The van der Waals surface area contributed by atoms with Gasteiger partial charge in [-0.3, -0.25) is 0 Å². The van der Waals surface area contributed by atoms with Crippen molar-refractivity contribution in [3.63, 3.8) is 0 Å². The van der Waals surface area contributed by atoms with E-state index in [2.05, 4.69) is 0 Å². The van der Waals surface area contributed by atoms with Crippen LogP contribution in [-0.2, 0) is 9.53 Å². The molecular formula is C9H12O5. The highest BCUT2D eigenvalue weighted by Gasteiger charge is 2.45. The second kappa shape index (κ2) is 3.91. The van der Waals surface area contributed by atoms with Crippen LogP contribution in [-0.4, -0.2) is 46.2 Å². The topological polar surface area (TPSA) is 87.0 Å². The SMILES string of the molecule is COC1C=CC=CC1(O)C(O)C(=O)O. The molecule has 3 N–H and O–H groups in total. The minimum atomic E-state index is -1.91. The molecule has 0 amide bonds. The van der Waals surface area contributed by atoms with Crippen molar-refractivity contribution in [1.82, 2.24) is 0 Å². The summed E-state index contributed by atoms with van der Waals surface area (Å²) >= 11 is 0. The zero-order valence-corrected chi connectivity index (χ0v) is 7.62. The van der Waals surface area contributed by atoms with Gasteiger partial charge in [-0.15, -0.1) is 0 Å². The number of aliphatic hydroxyl groups excluding tert-OH is 1.